The Bertz CT molecular complexity index is 490. The molecule has 0 N–H and O–H groups in total. The molecule has 0 bridgehead atoms. The number of ether oxygens (including phenoxy) is 1. The summed E-state index contributed by atoms with van der Waals surface area (Å²) < 4.78 is 5.62. The lowest BCUT2D eigenvalue weighted by atomic mass is 9.90. The lowest BCUT2D eigenvalue weighted by molar-refractivity contribution is 0.0932. The molecule has 2 heterocycles. The summed E-state index contributed by atoms with van der Waals surface area (Å²) in [6.07, 6.45) is 5.46. The van der Waals surface area contributed by atoms with Crippen LogP contribution in [0.15, 0.2) is 41.4 Å². The topological polar surface area (TPSA) is 38.7 Å². The Morgan fingerprint density at radius 1 is 1.31 bits per heavy atom. The number of hydrogen-bond acceptors (Lipinski definition) is 3. The molecule has 0 amide bonds. The summed E-state index contributed by atoms with van der Waals surface area (Å²) in [7, 11) is 0. The quantitative estimate of drug-likeness (QED) is 0.660. The zero-order valence-corrected chi connectivity index (χ0v) is 8.67. The lowest BCUT2D eigenvalue weighted by Gasteiger charge is -2.18. The summed E-state index contributed by atoms with van der Waals surface area (Å²) in [6, 6.07) is 7.30. The van der Waals surface area contributed by atoms with Gasteiger partial charge in [-0.1, -0.05) is 18.2 Å². The van der Waals surface area contributed by atoms with Crippen molar-refractivity contribution in [2.45, 2.75) is 6.04 Å². The molecule has 0 fully saturated rings. The van der Waals surface area contributed by atoms with Crippen LogP contribution in [0.2, 0.25) is 0 Å². The van der Waals surface area contributed by atoms with Crippen LogP contribution in [0.3, 0.4) is 0 Å². The zero-order valence-electron chi connectivity index (χ0n) is 8.67. The summed E-state index contributed by atoms with van der Waals surface area (Å²) in [5.74, 6) is 0.602. The van der Waals surface area contributed by atoms with Crippen molar-refractivity contribution < 1.29 is 9.53 Å². The van der Waals surface area contributed by atoms with Gasteiger partial charge in [-0.15, -0.1) is 0 Å². The van der Waals surface area contributed by atoms with Crippen LogP contribution in [0.25, 0.3) is 0 Å². The van der Waals surface area contributed by atoms with Crippen LogP contribution >= 0.6 is 0 Å². The second-order valence-electron chi connectivity index (χ2n) is 3.95. The van der Waals surface area contributed by atoms with Gasteiger partial charge in [0.05, 0.1) is 17.5 Å². The highest BCUT2D eigenvalue weighted by atomic mass is 16.5. The third-order valence-corrected chi connectivity index (χ3v) is 2.96. The Labute approximate surface area is 93.5 Å². The monoisotopic (exact) mass is 213 g/mol. The van der Waals surface area contributed by atoms with Crippen LogP contribution in [0.5, 0.6) is 5.75 Å². The maximum atomic E-state index is 12.3. The van der Waals surface area contributed by atoms with E-state index in [0.29, 0.717) is 17.9 Å². The van der Waals surface area contributed by atoms with Gasteiger partial charge in [0.2, 0.25) is 0 Å². The molecule has 3 heteroatoms. The number of allylic oxidation sites excluding steroid dienone is 1. The number of ketones is 1. The van der Waals surface area contributed by atoms with Gasteiger partial charge in [0.25, 0.3) is 0 Å². The van der Waals surface area contributed by atoms with Crippen LogP contribution < -0.4 is 4.74 Å². The third-order valence-electron chi connectivity index (χ3n) is 2.96. The molecular formula is C13H11NO2. The average Bonchev–Trinajstić information content (AvgIpc) is 2.49. The number of carbonyl (C=O) groups is 1. The minimum absolute atomic E-state index is 0.0788. The number of fused-ring (bicyclic) bond motifs is 2. The smallest absolute Gasteiger partial charge is 0.175 e. The second-order valence-corrected chi connectivity index (χ2v) is 3.95. The molecule has 16 heavy (non-hydrogen) atoms. The van der Waals surface area contributed by atoms with Crippen molar-refractivity contribution in [3.63, 3.8) is 0 Å². The number of carbonyl (C=O) groups excluding carboxylic acids is 1. The Balaban J connectivity index is 2.07. The van der Waals surface area contributed by atoms with Crippen molar-refractivity contribution in [1.82, 2.24) is 0 Å². The number of para-hydroxylation sites is 1. The molecule has 0 aromatic heterocycles. The summed E-state index contributed by atoms with van der Waals surface area (Å²) in [6.45, 7) is 0.467. The van der Waals surface area contributed by atoms with Gasteiger partial charge < -0.3 is 4.74 Å². The molecule has 2 aliphatic heterocycles. The largest absolute Gasteiger partial charge is 0.491 e. The van der Waals surface area contributed by atoms with Gasteiger partial charge in [-0.2, -0.15) is 0 Å². The average molecular weight is 213 g/mol. The van der Waals surface area contributed by atoms with Crippen LogP contribution in [-0.4, -0.2) is 24.6 Å². The van der Waals surface area contributed by atoms with E-state index in [0.717, 1.165) is 0 Å². The molecule has 3 rings (SSSR count). The van der Waals surface area contributed by atoms with Crippen LogP contribution in [0.4, 0.5) is 0 Å². The number of dihydropyridines is 1. The van der Waals surface area contributed by atoms with Crippen molar-refractivity contribution in [2.75, 3.05) is 6.61 Å². The van der Waals surface area contributed by atoms with E-state index >= 15 is 0 Å². The molecule has 2 unspecified atom stereocenters. The first-order valence-corrected chi connectivity index (χ1v) is 5.32. The van der Waals surface area contributed by atoms with E-state index in [1.54, 1.807) is 6.21 Å². The Morgan fingerprint density at radius 2 is 2.19 bits per heavy atom. The Kier molecular flexibility index (Phi) is 2.10. The first kappa shape index (κ1) is 9.33. The first-order chi connectivity index (χ1) is 7.86. The molecule has 2 atom stereocenters. The molecule has 1 aromatic rings. The zero-order chi connectivity index (χ0) is 11.0. The highest BCUT2D eigenvalue weighted by molar-refractivity contribution is 6.02. The number of Topliss-reactive ketones (excluding diaryl/α,β-unsaturated/α-hetero) is 1. The van der Waals surface area contributed by atoms with Gasteiger partial charge in [0.15, 0.2) is 5.78 Å². The third kappa shape index (κ3) is 1.36. The molecule has 3 nitrogen and oxygen atoms in total. The first-order valence-electron chi connectivity index (χ1n) is 5.32. The van der Waals surface area contributed by atoms with Gasteiger partial charge in [0.1, 0.15) is 12.4 Å². The Morgan fingerprint density at radius 3 is 3.12 bits per heavy atom. The van der Waals surface area contributed by atoms with Gasteiger partial charge >= 0.3 is 0 Å². The molecule has 1 aromatic carbocycles. The van der Waals surface area contributed by atoms with Gasteiger partial charge in [-0.3, -0.25) is 9.79 Å². The molecule has 0 aliphatic carbocycles. The van der Waals surface area contributed by atoms with Crippen LogP contribution in [-0.2, 0) is 0 Å². The van der Waals surface area contributed by atoms with E-state index in [-0.39, 0.29) is 17.7 Å². The molecule has 0 saturated carbocycles. The summed E-state index contributed by atoms with van der Waals surface area (Å²) in [5, 5.41) is 0. The standard InChI is InChI=1S/C13H11NO2/c15-13-9-5-3-7-14-11(9)8-16-12-6-2-1-4-10(12)13/h1-7,9,11H,8H2. The van der Waals surface area contributed by atoms with E-state index in [9.17, 15) is 4.79 Å². The maximum absolute atomic E-state index is 12.3. The molecular weight excluding hydrogens is 202 g/mol. The second kappa shape index (κ2) is 3.59. The number of hydrogen-bond donors (Lipinski definition) is 0. The number of aliphatic imine (C=N–C) groups is 1. The number of rotatable bonds is 0. The van der Waals surface area contributed by atoms with Gasteiger partial charge in [-0.25, -0.2) is 0 Å². The number of benzene rings is 1. The minimum Gasteiger partial charge on any atom is -0.491 e. The van der Waals surface area contributed by atoms with Gasteiger partial charge in [0, 0.05) is 6.21 Å². The fourth-order valence-electron chi connectivity index (χ4n) is 2.11. The van der Waals surface area contributed by atoms with E-state index < -0.39 is 0 Å². The molecule has 80 valence electrons. The molecule has 0 radical (unpaired) electrons. The van der Waals surface area contributed by atoms with Crippen molar-refractivity contribution in [1.29, 1.82) is 0 Å². The number of nitrogens with zero attached hydrogens (tertiary/aromatic N) is 1. The summed E-state index contributed by atoms with van der Waals surface area (Å²) >= 11 is 0. The minimum atomic E-state index is -0.173. The van der Waals surface area contributed by atoms with Crippen molar-refractivity contribution in [3.05, 3.63) is 42.0 Å². The van der Waals surface area contributed by atoms with Crippen LogP contribution in [0, 0.1) is 5.92 Å². The maximum Gasteiger partial charge on any atom is 0.175 e. The predicted molar refractivity (Wildman–Crippen MR) is 61.2 cm³/mol. The SMILES string of the molecule is O=C1c2ccccc2OCC2N=CC=CC12. The van der Waals surface area contributed by atoms with E-state index in [4.69, 9.17) is 4.74 Å². The van der Waals surface area contributed by atoms with Crippen molar-refractivity contribution in [3.8, 4) is 5.75 Å². The van der Waals surface area contributed by atoms with E-state index in [1.165, 1.54) is 0 Å². The summed E-state index contributed by atoms with van der Waals surface area (Å²) in [4.78, 5) is 16.6. The fourth-order valence-corrected chi connectivity index (χ4v) is 2.11. The Hall–Kier alpha value is -1.90. The normalized spacial score (nSPS) is 26.6. The van der Waals surface area contributed by atoms with E-state index in [1.807, 2.05) is 36.4 Å². The fraction of sp³-hybridized carbons (Fsp3) is 0.231. The predicted octanol–water partition coefficient (Wildman–Crippen LogP) is 1.89. The lowest BCUT2D eigenvalue weighted by Crippen LogP contribution is -2.29. The molecule has 0 spiro atoms. The van der Waals surface area contributed by atoms with Crippen molar-refractivity contribution >= 4 is 12.0 Å². The molecule has 0 saturated heterocycles. The highest BCUT2D eigenvalue weighted by Crippen LogP contribution is 2.29. The van der Waals surface area contributed by atoms with Crippen LogP contribution in [0.1, 0.15) is 10.4 Å². The van der Waals surface area contributed by atoms with E-state index in [2.05, 4.69) is 4.99 Å². The summed E-state index contributed by atoms with van der Waals surface area (Å²) in [5.41, 5.74) is 0.664. The van der Waals surface area contributed by atoms with Crippen molar-refractivity contribution in [2.24, 2.45) is 10.9 Å². The highest BCUT2D eigenvalue weighted by Gasteiger charge is 2.32. The molecule has 2 aliphatic rings. The van der Waals surface area contributed by atoms with Gasteiger partial charge in [-0.05, 0) is 18.2 Å².